The van der Waals surface area contributed by atoms with E-state index in [0.29, 0.717) is 5.71 Å². The standard InChI is InChI=1S/C10H14N2O3/c1-4-5-9(13)7-6-8(2)11-12-10(14)15-3/h4-7,13H,1H2,2-3H3,(H,12,14)/b7-6+,9-5-,11-8-. The average molecular weight is 210 g/mol. The number of aliphatic hydroxyl groups is 1. The van der Waals surface area contributed by atoms with Gasteiger partial charge in [-0.3, -0.25) is 0 Å². The molecule has 0 bridgehead atoms. The summed E-state index contributed by atoms with van der Waals surface area (Å²) in [6, 6.07) is 0. The quantitative estimate of drug-likeness (QED) is 0.322. The first-order valence-electron chi connectivity index (χ1n) is 4.18. The average Bonchev–Trinajstić information content (AvgIpc) is 2.23. The summed E-state index contributed by atoms with van der Waals surface area (Å²) in [4.78, 5) is 10.6. The van der Waals surface area contributed by atoms with E-state index in [0.717, 1.165) is 0 Å². The summed E-state index contributed by atoms with van der Waals surface area (Å²) >= 11 is 0. The molecule has 0 aliphatic heterocycles. The number of hydrogen-bond donors (Lipinski definition) is 2. The number of amides is 1. The second-order valence-corrected chi connectivity index (χ2v) is 2.52. The van der Waals surface area contributed by atoms with Crippen molar-refractivity contribution in [2.75, 3.05) is 7.11 Å². The molecule has 5 heteroatoms. The molecule has 0 aromatic rings. The van der Waals surface area contributed by atoms with E-state index in [2.05, 4.69) is 21.8 Å². The number of hydrogen-bond acceptors (Lipinski definition) is 4. The third-order valence-electron chi connectivity index (χ3n) is 1.29. The third-order valence-corrected chi connectivity index (χ3v) is 1.29. The van der Waals surface area contributed by atoms with Gasteiger partial charge in [0, 0.05) is 0 Å². The number of allylic oxidation sites excluding steroid dienone is 4. The maximum absolute atomic E-state index is 10.6. The molecule has 82 valence electrons. The summed E-state index contributed by atoms with van der Waals surface area (Å²) in [5, 5.41) is 12.8. The van der Waals surface area contributed by atoms with Crippen molar-refractivity contribution in [1.29, 1.82) is 0 Å². The van der Waals surface area contributed by atoms with Crippen LogP contribution in [0, 0.1) is 0 Å². The van der Waals surface area contributed by atoms with Crippen molar-refractivity contribution in [3.05, 3.63) is 36.6 Å². The molecule has 0 aromatic heterocycles. The highest BCUT2D eigenvalue weighted by Crippen LogP contribution is 1.92. The van der Waals surface area contributed by atoms with Gasteiger partial charge >= 0.3 is 6.09 Å². The summed E-state index contributed by atoms with van der Waals surface area (Å²) in [6.07, 6.45) is 5.20. The number of methoxy groups -OCH3 is 1. The van der Waals surface area contributed by atoms with E-state index in [-0.39, 0.29) is 5.76 Å². The van der Waals surface area contributed by atoms with Crippen molar-refractivity contribution in [3.63, 3.8) is 0 Å². The number of carbonyl (C=O) groups excluding carboxylic acids is 1. The first-order valence-corrected chi connectivity index (χ1v) is 4.18. The monoisotopic (exact) mass is 210 g/mol. The van der Waals surface area contributed by atoms with Crippen LogP contribution in [0.4, 0.5) is 4.79 Å². The van der Waals surface area contributed by atoms with Crippen molar-refractivity contribution in [2.45, 2.75) is 6.92 Å². The van der Waals surface area contributed by atoms with Crippen molar-refractivity contribution in [3.8, 4) is 0 Å². The zero-order valence-electron chi connectivity index (χ0n) is 8.73. The van der Waals surface area contributed by atoms with Crippen molar-refractivity contribution in [2.24, 2.45) is 5.10 Å². The Labute approximate surface area is 88.4 Å². The predicted octanol–water partition coefficient (Wildman–Crippen LogP) is 1.90. The molecule has 5 nitrogen and oxygen atoms in total. The molecule has 0 rings (SSSR count). The molecule has 0 spiro atoms. The van der Waals surface area contributed by atoms with Crippen LogP contribution >= 0.6 is 0 Å². The van der Waals surface area contributed by atoms with Crippen LogP contribution < -0.4 is 5.43 Å². The van der Waals surface area contributed by atoms with Gasteiger partial charge in [-0.25, -0.2) is 10.2 Å². The fourth-order valence-electron chi connectivity index (χ4n) is 0.599. The minimum atomic E-state index is -0.645. The second-order valence-electron chi connectivity index (χ2n) is 2.52. The molecule has 0 fully saturated rings. The number of hydrazone groups is 1. The Balaban J connectivity index is 4.23. The van der Waals surface area contributed by atoms with Gasteiger partial charge in [0.15, 0.2) is 0 Å². The predicted molar refractivity (Wildman–Crippen MR) is 58.7 cm³/mol. The van der Waals surface area contributed by atoms with Crippen LogP contribution in [0.2, 0.25) is 0 Å². The number of rotatable bonds is 4. The largest absolute Gasteiger partial charge is 0.508 e. The van der Waals surface area contributed by atoms with Crippen LogP contribution in [0.1, 0.15) is 6.92 Å². The Kier molecular flexibility index (Phi) is 6.37. The van der Waals surface area contributed by atoms with Crippen LogP contribution in [0.3, 0.4) is 0 Å². The Hall–Kier alpha value is -2.04. The van der Waals surface area contributed by atoms with Gasteiger partial charge in [0.1, 0.15) is 5.76 Å². The molecular formula is C10H14N2O3. The molecule has 0 saturated heterocycles. The smallest absolute Gasteiger partial charge is 0.427 e. The maximum Gasteiger partial charge on any atom is 0.427 e. The number of nitrogens with zero attached hydrogens (tertiary/aromatic N) is 1. The second kappa shape index (κ2) is 7.37. The zero-order chi connectivity index (χ0) is 11.7. The van der Waals surface area contributed by atoms with E-state index in [4.69, 9.17) is 5.11 Å². The van der Waals surface area contributed by atoms with Gasteiger partial charge in [-0.15, -0.1) is 0 Å². The third kappa shape index (κ3) is 7.06. The normalized spacial score (nSPS) is 12.7. The fraction of sp³-hybridized carbons (Fsp3) is 0.200. The molecule has 2 N–H and O–H groups in total. The molecule has 1 amide bonds. The van der Waals surface area contributed by atoms with E-state index >= 15 is 0 Å². The first kappa shape index (κ1) is 13.0. The van der Waals surface area contributed by atoms with Crippen LogP contribution in [0.15, 0.2) is 41.7 Å². The summed E-state index contributed by atoms with van der Waals surface area (Å²) in [7, 11) is 1.24. The van der Waals surface area contributed by atoms with Gasteiger partial charge in [-0.05, 0) is 25.2 Å². The molecule has 0 aliphatic rings. The number of carbonyl (C=O) groups is 1. The molecular weight excluding hydrogens is 196 g/mol. The lowest BCUT2D eigenvalue weighted by molar-refractivity contribution is 0.171. The van der Waals surface area contributed by atoms with Crippen molar-refractivity contribution in [1.82, 2.24) is 5.43 Å². The van der Waals surface area contributed by atoms with Crippen LogP contribution in [-0.4, -0.2) is 24.0 Å². The lowest BCUT2D eigenvalue weighted by Gasteiger charge is -1.96. The van der Waals surface area contributed by atoms with E-state index in [1.165, 1.54) is 31.4 Å². The van der Waals surface area contributed by atoms with Gasteiger partial charge in [0.2, 0.25) is 0 Å². The molecule has 0 radical (unpaired) electrons. The Bertz CT molecular complexity index is 317. The SMILES string of the molecule is C=C/C=C(O)/C=C/C(C)=N\NC(=O)OC. The Morgan fingerprint density at radius 1 is 1.53 bits per heavy atom. The van der Waals surface area contributed by atoms with Gasteiger partial charge in [-0.2, -0.15) is 5.10 Å². The van der Waals surface area contributed by atoms with E-state index in [1.807, 2.05) is 0 Å². The van der Waals surface area contributed by atoms with Crippen LogP contribution in [-0.2, 0) is 4.74 Å². The number of nitrogens with one attached hydrogen (secondary N) is 1. The van der Waals surface area contributed by atoms with Crippen LogP contribution in [0.5, 0.6) is 0 Å². The van der Waals surface area contributed by atoms with E-state index < -0.39 is 6.09 Å². The zero-order valence-corrected chi connectivity index (χ0v) is 8.73. The lowest BCUT2D eigenvalue weighted by Crippen LogP contribution is -2.17. The summed E-state index contributed by atoms with van der Waals surface area (Å²) in [5.41, 5.74) is 2.66. The van der Waals surface area contributed by atoms with Crippen LogP contribution in [0.25, 0.3) is 0 Å². The van der Waals surface area contributed by atoms with Gasteiger partial charge in [-0.1, -0.05) is 12.7 Å². The molecule has 15 heavy (non-hydrogen) atoms. The van der Waals surface area contributed by atoms with Gasteiger partial charge < -0.3 is 9.84 Å². The summed E-state index contributed by atoms with van der Waals surface area (Å²) in [5.74, 6) is 0.0534. The Morgan fingerprint density at radius 2 is 2.20 bits per heavy atom. The highest BCUT2D eigenvalue weighted by Gasteiger charge is 1.93. The number of aliphatic hydroxyl groups excluding tert-OH is 1. The lowest BCUT2D eigenvalue weighted by atomic mass is 10.3. The summed E-state index contributed by atoms with van der Waals surface area (Å²) < 4.78 is 4.31. The molecule has 0 heterocycles. The van der Waals surface area contributed by atoms with Gasteiger partial charge in [0.25, 0.3) is 0 Å². The molecule has 0 aromatic carbocycles. The van der Waals surface area contributed by atoms with Gasteiger partial charge in [0.05, 0.1) is 12.8 Å². The minimum Gasteiger partial charge on any atom is -0.508 e. The minimum absolute atomic E-state index is 0.0534. The molecule has 0 saturated carbocycles. The van der Waals surface area contributed by atoms with E-state index in [1.54, 1.807) is 6.92 Å². The van der Waals surface area contributed by atoms with Crippen molar-refractivity contribution < 1.29 is 14.6 Å². The summed E-state index contributed by atoms with van der Waals surface area (Å²) in [6.45, 7) is 5.08. The fourth-order valence-corrected chi connectivity index (χ4v) is 0.599. The molecule has 0 aliphatic carbocycles. The maximum atomic E-state index is 10.6. The molecule has 0 unspecified atom stereocenters. The Morgan fingerprint density at radius 3 is 2.73 bits per heavy atom. The first-order chi connectivity index (χ1) is 7.10. The molecule has 0 atom stereocenters. The van der Waals surface area contributed by atoms with E-state index in [9.17, 15) is 4.79 Å². The van der Waals surface area contributed by atoms with Crippen molar-refractivity contribution >= 4 is 11.8 Å². The number of ether oxygens (including phenoxy) is 1. The topological polar surface area (TPSA) is 70.9 Å². The highest BCUT2D eigenvalue weighted by molar-refractivity contribution is 5.93. The highest BCUT2D eigenvalue weighted by atomic mass is 16.5.